The summed E-state index contributed by atoms with van der Waals surface area (Å²) in [5.41, 5.74) is 4.81. The Morgan fingerprint density at radius 3 is 2.93 bits per heavy atom. The van der Waals surface area contributed by atoms with Gasteiger partial charge in [-0.05, 0) is 42.5 Å². The molecular formula is C20H19F2N5. The summed E-state index contributed by atoms with van der Waals surface area (Å²) in [4.78, 5) is 17.1. The Morgan fingerprint density at radius 2 is 2.07 bits per heavy atom. The summed E-state index contributed by atoms with van der Waals surface area (Å²) in [6.45, 7) is 0.382. The van der Waals surface area contributed by atoms with Gasteiger partial charge in [-0.2, -0.15) is 0 Å². The second-order valence-corrected chi connectivity index (χ2v) is 6.78. The molecule has 1 aromatic carbocycles. The fourth-order valence-corrected chi connectivity index (χ4v) is 3.20. The van der Waals surface area contributed by atoms with Gasteiger partial charge >= 0.3 is 0 Å². The maximum absolute atomic E-state index is 13.1. The van der Waals surface area contributed by atoms with E-state index in [1.54, 1.807) is 12.4 Å². The first-order valence-electron chi connectivity index (χ1n) is 8.88. The standard InChI is InChI=1S/C20H19F2N5/c1-20(21,22)11-25-19-24-10-16-15(4-2-3-5-18(16)27-19)13-6-7-17-14(8-13)9-23-12-26-17/h4,6-10,12H,2-3,5,11H2,1H3,(H,24,25,27). The van der Waals surface area contributed by atoms with Crippen LogP contribution >= 0.6 is 0 Å². The van der Waals surface area contributed by atoms with Crippen molar-refractivity contribution in [2.24, 2.45) is 0 Å². The summed E-state index contributed by atoms with van der Waals surface area (Å²) in [5, 5.41) is 3.59. The minimum Gasteiger partial charge on any atom is -0.348 e. The van der Waals surface area contributed by atoms with Gasteiger partial charge in [-0.1, -0.05) is 12.1 Å². The second kappa shape index (κ2) is 6.98. The fourth-order valence-electron chi connectivity index (χ4n) is 3.20. The first-order chi connectivity index (χ1) is 13.0. The van der Waals surface area contributed by atoms with Crippen molar-refractivity contribution in [2.75, 3.05) is 11.9 Å². The Bertz CT molecular complexity index is 1010. The number of aromatic nitrogens is 4. The Kier molecular flexibility index (Phi) is 4.51. The molecule has 3 aromatic rings. The van der Waals surface area contributed by atoms with E-state index in [4.69, 9.17) is 0 Å². The molecule has 0 radical (unpaired) electrons. The molecule has 1 N–H and O–H groups in total. The molecule has 138 valence electrons. The third kappa shape index (κ3) is 3.92. The highest BCUT2D eigenvalue weighted by Crippen LogP contribution is 2.31. The normalized spacial score (nSPS) is 14.4. The number of anilines is 1. The van der Waals surface area contributed by atoms with Gasteiger partial charge in [0.25, 0.3) is 5.92 Å². The highest BCUT2D eigenvalue weighted by Gasteiger charge is 2.22. The number of benzene rings is 1. The summed E-state index contributed by atoms with van der Waals surface area (Å²) < 4.78 is 26.2. The fraction of sp³-hybridized carbons (Fsp3) is 0.300. The molecule has 0 aliphatic heterocycles. The SMILES string of the molecule is CC(F)(F)CNc1ncc2c(n1)CCCC=C2c1ccc2ncncc2c1. The third-order valence-corrected chi connectivity index (χ3v) is 4.50. The molecule has 27 heavy (non-hydrogen) atoms. The number of alkyl halides is 2. The summed E-state index contributed by atoms with van der Waals surface area (Å²) in [7, 11) is 0. The van der Waals surface area contributed by atoms with E-state index in [1.807, 2.05) is 12.1 Å². The van der Waals surface area contributed by atoms with Crippen LogP contribution in [-0.2, 0) is 6.42 Å². The summed E-state index contributed by atoms with van der Waals surface area (Å²) >= 11 is 0. The Hall–Kier alpha value is -2.96. The van der Waals surface area contributed by atoms with Gasteiger partial charge in [0.2, 0.25) is 5.95 Å². The molecule has 1 aliphatic rings. The number of halogens is 2. The van der Waals surface area contributed by atoms with E-state index < -0.39 is 12.5 Å². The minimum absolute atomic E-state index is 0.239. The van der Waals surface area contributed by atoms with Crippen LogP contribution in [-0.4, -0.2) is 32.4 Å². The van der Waals surface area contributed by atoms with Crippen LogP contribution in [0.4, 0.5) is 14.7 Å². The molecule has 0 saturated heterocycles. The third-order valence-electron chi connectivity index (χ3n) is 4.50. The molecule has 0 amide bonds. The zero-order valence-electron chi connectivity index (χ0n) is 14.9. The van der Waals surface area contributed by atoms with Gasteiger partial charge in [-0.25, -0.2) is 28.7 Å². The lowest BCUT2D eigenvalue weighted by atomic mass is 9.97. The van der Waals surface area contributed by atoms with Crippen molar-refractivity contribution in [1.82, 2.24) is 19.9 Å². The molecule has 2 aromatic heterocycles. The van der Waals surface area contributed by atoms with Crippen molar-refractivity contribution >= 4 is 22.4 Å². The van der Waals surface area contributed by atoms with Crippen molar-refractivity contribution in [3.8, 4) is 0 Å². The van der Waals surface area contributed by atoms with Crippen LogP contribution in [0.3, 0.4) is 0 Å². The van der Waals surface area contributed by atoms with E-state index in [9.17, 15) is 8.78 Å². The van der Waals surface area contributed by atoms with Crippen molar-refractivity contribution in [2.45, 2.75) is 32.1 Å². The summed E-state index contributed by atoms with van der Waals surface area (Å²) in [6, 6.07) is 6.05. The zero-order valence-corrected chi connectivity index (χ0v) is 14.9. The van der Waals surface area contributed by atoms with Gasteiger partial charge in [0.1, 0.15) is 6.33 Å². The maximum atomic E-state index is 13.1. The highest BCUT2D eigenvalue weighted by atomic mass is 19.3. The van der Waals surface area contributed by atoms with Gasteiger partial charge in [-0.3, -0.25) is 0 Å². The van der Waals surface area contributed by atoms with Gasteiger partial charge in [0, 0.05) is 30.3 Å². The van der Waals surface area contributed by atoms with Crippen LogP contribution in [0.15, 0.2) is 43.0 Å². The average molecular weight is 367 g/mol. The van der Waals surface area contributed by atoms with E-state index in [-0.39, 0.29) is 5.95 Å². The van der Waals surface area contributed by atoms with Gasteiger partial charge in [0.15, 0.2) is 0 Å². The molecule has 7 heteroatoms. The molecule has 2 heterocycles. The summed E-state index contributed by atoms with van der Waals surface area (Å²) in [5.74, 6) is -2.57. The Balaban J connectivity index is 1.70. The van der Waals surface area contributed by atoms with E-state index in [2.05, 4.69) is 37.4 Å². The molecule has 0 spiro atoms. The molecule has 5 nitrogen and oxygen atoms in total. The van der Waals surface area contributed by atoms with Crippen molar-refractivity contribution < 1.29 is 8.78 Å². The van der Waals surface area contributed by atoms with Crippen molar-refractivity contribution in [3.05, 3.63) is 59.8 Å². The van der Waals surface area contributed by atoms with E-state index in [1.165, 1.54) is 6.33 Å². The molecule has 0 saturated carbocycles. The van der Waals surface area contributed by atoms with Crippen LogP contribution in [0, 0.1) is 0 Å². The quantitative estimate of drug-likeness (QED) is 0.747. The van der Waals surface area contributed by atoms with Gasteiger partial charge < -0.3 is 5.32 Å². The predicted octanol–water partition coefficient (Wildman–Crippen LogP) is 4.25. The second-order valence-electron chi connectivity index (χ2n) is 6.78. The monoisotopic (exact) mass is 367 g/mol. The van der Waals surface area contributed by atoms with Crippen LogP contribution in [0.5, 0.6) is 0 Å². The zero-order chi connectivity index (χ0) is 18.9. The van der Waals surface area contributed by atoms with Crippen molar-refractivity contribution in [1.29, 1.82) is 0 Å². The maximum Gasteiger partial charge on any atom is 0.262 e. The first kappa shape index (κ1) is 17.5. The Morgan fingerprint density at radius 1 is 1.19 bits per heavy atom. The van der Waals surface area contributed by atoms with Gasteiger partial charge in [0.05, 0.1) is 17.8 Å². The number of fused-ring (bicyclic) bond motifs is 2. The molecule has 0 atom stereocenters. The lowest BCUT2D eigenvalue weighted by Crippen LogP contribution is -2.24. The first-order valence-corrected chi connectivity index (χ1v) is 8.88. The lowest BCUT2D eigenvalue weighted by Gasteiger charge is -2.14. The van der Waals surface area contributed by atoms with Crippen LogP contribution < -0.4 is 5.32 Å². The number of hydrogen-bond acceptors (Lipinski definition) is 5. The van der Waals surface area contributed by atoms with Crippen LogP contribution in [0.1, 0.15) is 36.6 Å². The highest BCUT2D eigenvalue weighted by molar-refractivity contribution is 5.87. The number of aryl methyl sites for hydroxylation is 1. The number of nitrogens with one attached hydrogen (secondary N) is 1. The molecule has 4 rings (SSSR count). The van der Waals surface area contributed by atoms with Crippen LogP contribution in [0.25, 0.3) is 16.5 Å². The van der Waals surface area contributed by atoms with E-state index >= 15 is 0 Å². The van der Waals surface area contributed by atoms with E-state index in [0.717, 1.165) is 59.5 Å². The van der Waals surface area contributed by atoms with Gasteiger partial charge in [-0.15, -0.1) is 0 Å². The van der Waals surface area contributed by atoms with E-state index in [0.29, 0.717) is 0 Å². The predicted molar refractivity (Wildman–Crippen MR) is 101 cm³/mol. The molecule has 0 fully saturated rings. The lowest BCUT2D eigenvalue weighted by molar-refractivity contribution is 0.0366. The Labute approximate surface area is 155 Å². The number of hydrogen-bond donors (Lipinski definition) is 1. The minimum atomic E-state index is -2.81. The largest absolute Gasteiger partial charge is 0.348 e. The smallest absolute Gasteiger partial charge is 0.262 e. The number of nitrogens with zero attached hydrogens (tertiary/aromatic N) is 4. The summed E-state index contributed by atoms with van der Waals surface area (Å²) in [6.07, 6.45) is 9.89. The molecule has 0 bridgehead atoms. The topological polar surface area (TPSA) is 63.6 Å². The number of allylic oxidation sites excluding steroid dienone is 1. The molecule has 0 unspecified atom stereocenters. The molecular weight excluding hydrogens is 348 g/mol. The number of rotatable bonds is 4. The average Bonchev–Trinajstić information content (AvgIpc) is 2.87. The van der Waals surface area contributed by atoms with Crippen LogP contribution in [0.2, 0.25) is 0 Å². The van der Waals surface area contributed by atoms with Crippen molar-refractivity contribution in [3.63, 3.8) is 0 Å². The molecule has 1 aliphatic carbocycles.